The Bertz CT molecular complexity index is 956. The van der Waals surface area contributed by atoms with E-state index in [-0.39, 0.29) is 43.8 Å². The Morgan fingerprint density at radius 2 is 1.19 bits per heavy atom. The molecule has 0 radical (unpaired) electrons. The number of esters is 2. The quantitative estimate of drug-likeness (QED) is 0.362. The van der Waals surface area contributed by atoms with Crippen molar-refractivity contribution >= 4 is 11.9 Å². The van der Waals surface area contributed by atoms with Crippen LogP contribution in [0, 0.1) is 0 Å². The third-order valence-electron chi connectivity index (χ3n) is 4.12. The lowest BCUT2D eigenvalue weighted by Crippen LogP contribution is -2.56. The molecule has 0 saturated carbocycles. The fourth-order valence-corrected chi connectivity index (χ4v) is 2.57. The Balaban J connectivity index is 3.40. The number of ether oxygens (including phenoxy) is 2. The normalized spacial score (nSPS) is 12.7. The summed E-state index contributed by atoms with van der Waals surface area (Å²) in [6.07, 6.45) is -1.63. The van der Waals surface area contributed by atoms with Crippen molar-refractivity contribution in [3.63, 3.8) is 0 Å². The molecular formula is C20H29N3O8. The first-order chi connectivity index (χ1) is 14.4. The fourth-order valence-electron chi connectivity index (χ4n) is 2.57. The standard InChI is InChI=1S/C20H29N3O8/c1-12(2)16(25)30-14(5)10-22-18(27)21(8-7-9-24)19(28)23(20(22)29)11-15(6)31-17(26)13(3)4/h14-15,24H,1,3,7-11H2,2,4-6H3. The number of carbonyl (C=O) groups is 2. The molecule has 0 aliphatic carbocycles. The zero-order valence-corrected chi connectivity index (χ0v) is 18.3. The van der Waals surface area contributed by atoms with Crippen LogP contribution in [0.4, 0.5) is 0 Å². The molecule has 0 aliphatic rings. The Labute approximate surface area is 178 Å². The maximum absolute atomic E-state index is 12.9. The van der Waals surface area contributed by atoms with E-state index in [4.69, 9.17) is 14.6 Å². The van der Waals surface area contributed by atoms with Gasteiger partial charge in [-0.2, -0.15) is 0 Å². The molecule has 1 rings (SSSR count). The van der Waals surface area contributed by atoms with Crippen LogP contribution in [0.15, 0.2) is 38.7 Å². The van der Waals surface area contributed by atoms with Gasteiger partial charge < -0.3 is 14.6 Å². The minimum atomic E-state index is -0.938. The zero-order valence-electron chi connectivity index (χ0n) is 18.3. The molecule has 1 heterocycles. The molecule has 0 fully saturated rings. The number of rotatable bonds is 11. The zero-order chi connectivity index (χ0) is 23.9. The van der Waals surface area contributed by atoms with Crippen LogP contribution in [0.2, 0.25) is 0 Å². The number of carbonyl (C=O) groups excluding carboxylic acids is 2. The predicted octanol–water partition coefficient (Wildman–Crippen LogP) is -0.430. The first-order valence-electron chi connectivity index (χ1n) is 9.69. The van der Waals surface area contributed by atoms with Gasteiger partial charge in [-0.1, -0.05) is 13.2 Å². The lowest BCUT2D eigenvalue weighted by atomic mass is 10.3. The van der Waals surface area contributed by atoms with Crippen molar-refractivity contribution in [3.8, 4) is 0 Å². The van der Waals surface area contributed by atoms with Crippen molar-refractivity contribution in [2.75, 3.05) is 6.61 Å². The van der Waals surface area contributed by atoms with Gasteiger partial charge >= 0.3 is 29.0 Å². The molecule has 31 heavy (non-hydrogen) atoms. The third-order valence-corrected chi connectivity index (χ3v) is 4.12. The monoisotopic (exact) mass is 439 g/mol. The van der Waals surface area contributed by atoms with Crippen LogP contribution < -0.4 is 17.1 Å². The van der Waals surface area contributed by atoms with E-state index in [1.54, 1.807) is 0 Å². The summed E-state index contributed by atoms with van der Waals surface area (Å²) < 4.78 is 12.6. The van der Waals surface area contributed by atoms with E-state index in [1.165, 1.54) is 27.7 Å². The lowest BCUT2D eigenvalue weighted by molar-refractivity contribution is -0.144. The van der Waals surface area contributed by atoms with Crippen LogP contribution in [-0.2, 0) is 38.7 Å². The predicted molar refractivity (Wildman–Crippen MR) is 112 cm³/mol. The van der Waals surface area contributed by atoms with E-state index in [1.807, 2.05) is 0 Å². The minimum absolute atomic E-state index is 0.105. The summed E-state index contributed by atoms with van der Waals surface area (Å²) in [4.78, 5) is 61.8. The largest absolute Gasteiger partial charge is 0.457 e. The van der Waals surface area contributed by atoms with Gasteiger partial charge in [0.15, 0.2) is 0 Å². The van der Waals surface area contributed by atoms with E-state index < -0.39 is 41.2 Å². The summed E-state index contributed by atoms with van der Waals surface area (Å²) >= 11 is 0. The minimum Gasteiger partial charge on any atom is -0.457 e. The number of aromatic nitrogens is 3. The van der Waals surface area contributed by atoms with Gasteiger partial charge in [-0.25, -0.2) is 37.7 Å². The highest BCUT2D eigenvalue weighted by molar-refractivity contribution is 5.87. The summed E-state index contributed by atoms with van der Waals surface area (Å²) in [5.41, 5.74) is -2.43. The van der Waals surface area contributed by atoms with Gasteiger partial charge in [0.05, 0.1) is 13.1 Å². The molecule has 172 valence electrons. The van der Waals surface area contributed by atoms with Crippen molar-refractivity contribution in [2.45, 2.75) is 66.0 Å². The molecule has 0 aromatic carbocycles. The van der Waals surface area contributed by atoms with Crippen LogP contribution >= 0.6 is 0 Å². The van der Waals surface area contributed by atoms with Gasteiger partial charge in [-0.15, -0.1) is 0 Å². The van der Waals surface area contributed by atoms with Gasteiger partial charge in [0.1, 0.15) is 12.2 Å². The van der Waals surface area contributed by atoms with E-state index in [2.05, 4.69) is 13.2 Å². The maximum atomic E-state index is 12.9. The average molecular weight is 439 g/mol. The average Bonchev–Trinajstić information content (AvgIpc) is 2.68. The molecule has 0 amide bonds. The third kappa shape index (κ3) is 6.92. The number of hydrogen-bond donors (Lipinski definition) is 1. The molecule has 0 saturated heterocycles. The first-order valence-corrected chi connectivity index (χ1v) is 9.69. The van der Waals surface area contributed by atoms with Gasteiger partial charge in [0.2, 0.25) is 0 Å². The Kier molecular flexibility index (Phi) is 9.38. The molecule has 1 aromatic heterocycles. The highest BCUT2D eigenvalue weighted by Gasteiger charge is 2.21. The van der Waals surface area contributed by atoms with Crippen LogP contribution in [-0.4, -0.2) is 49.6 Å². The number of aliphatic hydroxyl groups is 1. The summed E-state index contributed by atoms with van der Waals surface area (Å²) in [5, 5.41) is 9.07. The summed E-state index contributed by atoms with van der Waals surface area (Å²) in [6.45, 7) is 11.8. The van der Waals surface area contributed by atoms with E-state index >= 15 is 0 Å². The fraction of sp³-hybridized carbons (Fsp3) is 0.550. The van der Waals surface area contributed by atoms with Crippen LogP contribution in [0.25, 0.3) is 0 Å². The number of hydrogen-bond acceptors (Lipinski definition) is 8. The van der Waals surface area contributed by atoms with E-state index in [9.17, 15) is 24.0 Å². The van der Waals surface area contributed by atoms with Gasteiger partial charge in [0.25, 0.3) is 0 Å². The van der Waals surface area contributed by atoms with Crippen molar-refractivity contribution < 1.29 is 24.2 Å². The molecule has 1 aromatic rings. The van der Waals surface area contributed by atoms with Crippen molar-refractivity contribution in [1.29, 1.82) is 0 Å². The highest BCUT2D eigenvalue weighted by atomic mass is 16.5. The molecule has 0 spiro atoms. The Morgan fingerprint density at radius 3 is 1.52 bits per heavy atom. The Morgan fingerprint density at radius 1 is 0.839 bits per heavy atom. The highest BCUT2D eigenvalue weighted by Crippen LogP contribution is 2.01. The van der Waals surface area contributed by atoms with E-state index in [0.717, 1.165) is 13.7 Å². The second kappa shape index (κ2) is 11.3. The van der Waals surface area contributed by atoms with Crippen LogP contribution in [0.3, 0.4) is 0 Å². The summed E-state index contributed by atoms with van der Waals surface area (Å²) in [7, 11) is 0. The molecule has 1 N–H and O–H groups in total. The maximum Gasteiger partial charge on any atom is 0.336 e. The molecular weight excluding hydrogens is 410 g/mol. The molecule has 0 aliphatic heterocycles. The topological polar surface area (TPSA) is 139 Å². The molecule has 0 bridgehead atoms. The van der Waals surface area contributed by atoms with Crippen molar-refractivity contribution in [1.82, 2.24) is 13.7 Å². The van der Waals surface area contributed by atoms with Gasteiger partial charge in [-0.05, 0) is 34.1 Å². The van der Waals surface area contributed by atoms with Crippen LogP contribution in [0.1, 0.15) is 34.1 Å². The Hall–Kier alpha value is -3.21. The molecule has 2 atom stereocenters. The molecule has 11 heteroatoms. The summed E-state index contributed by atoms with van der Waals surface area (Å²) in [6, 6.07) is 0. The van der Waals surface area contributed by atoms with Crippen molar-refractivity contribution in [2.24, 2.45) is 0 Å². The first kappa shape index (κ1) is 25.8. The summed E-state index contributed by atoms with van der Waals surface area (Å²) in [5.74, 6) is -1.37. The van der Waals surface area contributed by atoms with Gasteiger partial charge in [0, 0.05) is 24.3 Å². The van der Waals surface area contributed by atoms with Crippen LogP contribution in [0.5, 0.6) is 0 Å². The number of nitrogens with zero attached hydrogens (tertiary/aromatic N) is 3. The second-order valence-electron chi connectivity index (χ2n) is 7.29. The van der Waals surface area contributed by atoms with E-state index in [0.29, 0.717) is 0 Å². The second-order valence-corrected chi connectivity index (χ2v) is 7.29. The van der Waals surface area contributed by atoms with Gasteiger partial charge in [-0.3, -0.25) is 0 Å². The SMILES string of the molecule is C=C(C)C(=O)OC(C)Cn1c(=O)n(CCCO)c(=O)n(CC(C)OC(=O)C(=C)C)c1=O. The number of aliphatic hydroxyl groups excluding tert-OH is 1. The lowest BCUT2D eigenvalue weighted by Gasteiger charge is -2.19. The molecule has 11 nitrogen and oxygen atoms in total. The molecule has 2 unspecified atom stereocenters. The van der Waals surface area contributed by atoms with Crippen molar-refractivity contribution in [3.05, 3.63) is 55.8 Å². The smallest absolute Gasteiger partial charge is 0.336 e.